The molecule has 2 nitrogen and oxygen atoms in total. The number of amidine groups is 1. The summed E-state index contributed by atoms with van der Waals surface area (Å²) in [6.45, 7) is 8.13. The van der Waals surface area contributed by atoms with Gasteiger partial charge in [-0.2, -0.15) is 0 Å². The number of rotatable bonds is 1. The van der Waals surface area contributed by atoms with Gasteiger partial charge in [-0.25, -0.2) is 0 Å². The molecule has 2 heteroatoms. The molecule has 1 N–H and O–H groups in total. The Labute approximate surface area is 57.4 Å². The summed E-state index contributed by atoms with van der Waals surface area (Å²) in [7, 11) is 0. The van der Waals surface area contributed by atoms with E-state index in [9.17, 15) is 0 Å². The van der Waals surface area contributed by atoms with Crippen LogP contribution in [0.15, 0.2) is 4.99 Å². The van der Waals surface area contributed by atoms with Crippen molar-refractivity contribution in [3.63, 3.8) is 0 Å². The summed E-state index contributed by atoms with van der Waals surface area (Å²) in [5.41, 5.74) is 0. The van der Waals surface area contributed by atoms with Crippen molar-refractivity contribution in [3.05, 3.63) is 0 Å². The van der Waals surface area contributed by atoms with Crippen LogP contribution in [-0.4, -0.2) is 18.9 Å². The second-order valence-electron chi connectivity index (χ2n) is 1.61. The third-order valence-electron chi connectivity index (χ3n) is 1.08. The van der Waals surface area contributed by atoms with Crippen LogP contribution in [-0.2, 0) is 0 Å². The third-order valence-corrected chi connectivity index (χ3v) is 1.08. The second kappa shape index (κ2) is 5.60. The van der Waals surface area contributed by atoms with E-state index in [0.717, 1.165) is 19.5 Å². The first kappa shape index (κ1) is 8.47. The topological polar surface area (TPSA) is 24.4 Å². The molecular formula is C7H16N2. The van der Waals surface area contributed by atoms with Gasteiger partial charge in [0.15, 0.2) is 0 Å². The summed E-state index contributed by atoms with van der Waals surface area (Å²) >= 11 is 0. The Bertz CT molecular complexity index is 86.9. The Balaban J connectivity index is 0.000000291. The van der Waals surface area contributed by atoms with Crippen LogP contribution in [0, 0.1) is 0 Å². The van der Waals surface area contributed by atoms with E-state index in [1.54, 1.807) is 0 Å². The van der Waals surface area contributed by atoms with Crippen LogP contribution in [0.25, 0.3) is 0 Å². The maximum atomic E-state index is 4.16. The van der Waals surface area contributed by atoms with Crippen molar-refractivity contribution in [2.24, 2.45) is 4.99 Å². The zero-order chi connectivity index (χ0) is 7.11. The molecule has 0 saturated heterocycles. The van der Waals surface area contributed by atoms with E-state index in [4.69, 9.17) is 0 Å². The highest BCUT2D eigenvalue weighted by atomic mass is 15.1. The van der Waals surface area contributed by atoms with Gasteiger partial charge >= 0.3 is 0 Å². The minimum Gasteiger partial charge on any atom is -0.372 e. The lowest BCUT2D eigenvalue weighted by Crippen LogP contribution is -2.16. The van der Waals surface area contributed by atoms with Crippen LogP contribution in [0.1, 0.15) is 27.2 Å². The Hall–Kier alpha value is -0.530. The van der Waals surface area contributed by atoms with Gasteiger partial charge in [0.2, 0.25) is 0 Å². The predicted molar refractivity (Wildman–Crippen MR) is 41.9 cm³/mol. The molecule has 0 aromatic heterocycles. The molecule has 0 aromatic rings. The minimum atomic E-state index is 0.975. The van der Waals surface area contributed by atoms with Crippen molar-refractivity contribution in [2.75, 3.05) is 13.1 Å². The number of hydrogen-bond acceptors (Lipinski definition) is 2. The average molecular weight is 128 g/mol. The standard InChI is InChI=1S/C5H10N2.C2H6/c1-2-5-6-3-4-7-5;1-2/h2-4H2,1H3,(H,6,7);1-2H3. The Morgan fingerprint density at radius 1 is 1.56 bits per heavy atom. The van der Waals surface area contributed by atoms with Gasteiger partial charge in [0.25, 0.3) is 0 Å². The molecule has 9 heavy (non-hydrogen) atoms. The van der Waals surface area contributed by atoms with Gasteiger partial charge in [-0.15, -0.1) is 0 Å². The first-order valence-corrected chi connectivity index (χ1v) is 3.70. The maximum absolute atomic E-state index is 4.16. The molecule has 0 saturated carbocycles. The van der Waals surface area contributed by atoms with Crippen LogP contribution in [0.4, 0.5) is 0 Å². The number of nitrogens with zero attached hydrogens (tertiary/aromatic N) is 1. The van der Waals surface area contributed by atoms with E-state index in [1.165, 1.54) is 5.84 Å². The van der Waals surface area contributed by atoms with Gasteiger partial charge in [0, 0.05) is 13.0 Å². The SMILES string of the molecule is CC.CCC1=NCCN1. The van der Waals surface area contributed by atoms with E-state index in [-0.39, 0.29) is 0 Å². The molecule has 0 spiro atoms. The van der Waals surface area contributed by atoms with Crippen molar-refractivity contribution in [1.82, 2.24) is 5.32 Å². The van der Waals surface area contributed by atoms with Gasteiger partial charge in [-0.05, 0) is 0 Å². The zero-order valence-corrected chi connectivity index (χ0v) is 6.57. The highest BCUT2D eigenvalue weighted by molar-refractivity contribution is 5.83. The van der Waals surface area contributed by atoms with Gasteiger partial charge in [-0.1, -0.05) is 20.8 Å². The third kappa shape index (κ3) is 3.12. The molecule has 0 bridgehead atoms. The zero-order valence-electron chi connectivity index (χ0n) is 6.57. The monoisotopic (exact) mass is 128 g/mol. The summed E-state index contributed by atoms with van der Waals surface area (Å²) in [5.74, 6) is 1.17. The molecule has 1 heterocycles. The Morgan fingerprint density at radius 3 is 2.44 bits per heavy atom. The van der Waals surface area contributed by atoms with Crippen molar-refractivity contribution >= 4 is 5.84 Å². The number of aliphatic imine (C=N–C) groups is 1. The predicted octanol–water partition coefficient (Wildman–Crippen LogP) is 1.42. The molecule has 0 unspecified atom stereocenters. The molecule has 0 radical (unpaired) electrons. The molecule has 0 atom stereocenters. The quantitative estimate of drug-likeness (QED) is 0.567. The van der Waals surface area contributed by atoms with Crippen LogP contribution < -0.4 is 5.32 Å². The first-order valence-electron chi connectivity index (χ1n) is 3.70. The fourth-order valence-corrected chi connectivity index (χ4v) is 0.684. The van der Waals surface area contributed by atoms with E-state index in [1.807, 2.05) is 13.8 Å². The van der Waals surface area contributed by atoms with Crippen LogP contribution in [0.5, 0.6) is 0 Å². The van der Waals surface area contributed by atoms with Crippen LogP contribution in [0.3, 0.4) is 0 Å². The first-order chi connectivity index (χ1) is 4.43. The van der Waals surface area contributed by atoms with Crippen LogP contribution >= 0.6 is 0 Å². The second-order valence-corrected chi connectivity index (χ2v) is 1.61. The fourth-order valence-electron chi connectivity index (χ4n) is 0.684. The Kier molecular flexibility index (Phi) is 5.27. The van der Waals surface area contributed by atoms with E-state index < -0.39 is 0 Å². The largest absolute Gasteiger partial charge is 0.372 e. The summed E-state index contributed by atoms with van der Waals surface area (Å²) in [4.78, 5) is 4.16. The van der Waals surface area contributed by atoms with E-state index in [2.05, 4.69) is 17.2 Å². The number of nitrogens with one attached hydrogen (secondary N) is 1. The summed E-state index contributed by atoms with van der Waals surface area (Å²) in [6.07, 6.45) is 1.06. The molecule has 0 aliphatic carbocycles. The lowest BCUT2D eigenvalue weighted by molar-refractivity contribution is 0.951. The van der Waals surface area contributed by atoms with E-state index >= 15 is 0 Å². The van der Waals surface area contributed by atoms with Crippen molar-refractivity contribution in [3.8, 4) is 0 Å². The minimum absolute atomic E-state index is 0.975. The van der Waals surface area contributed by atoms with Gasteiger partial charge < -0.3 is 5.32 Å². The summed E-state index contributed by atoms with van der Waals surface area (Å²) < 4.78 is 0. The lowest BCUT2D eigenvalue weighted by atomic mass is 10.4. The number of hydrogen-bond donors (Lipinski definition) is 1. The molecule has 0 fully saturated rings. The van der Waals surface area contributed by atoms with Gasteiger partial charge in [-0.3, -0.25) is 4.99 Å². The lowest BCUT2D eigenvalue weighted by Gasteiger charge is -1.91. The van der Waals surface area contributed by atoms with Gasteiger partial charge in [0.05, 0.1) is 12.4 Å². The molecular weight excluding hydrogens is 112 g/mol. The van der Waals surface area contributed by atoms with Crippen LogP contribution in [0.2, 0.25) is 0 Å². The summed E-state index contributed by atoms with van der Waals surface area (Å²) in [5, 5.41) is 3.16. The molecule has 0 aromatic carbocycles. The van der Waals surface area contributed by atoms with E-state index in [0.29, 0.717) is 0 Å². The molecule has 0 amide bonds. The molecule has 1 aliphatic rings. The maximum Gasteiger partial charge on any atom is 0.0961 e. The van der Waals surface area contributed by atoms with Crippen molar-refractivity contribution < 1.29 is 0 Å². The van der Waals surface area contributed by atoms with Crippen molar-refractivity contribution in [1.29, 1.82) is 0 Å². The average Bonchev–Trinajstić information content (AvgIpc) is 2.43. The Morgan fingerprint density at radius 2 is 2.22 bits per heavy atom. The fraction of sp³-hybridized carbons (Fsp3) is 0.857. The highest BCUT2D eigenvalue weighted by Gasteiger charge is 1.98. The molecule has 1 aliphatic heterocycles. The molecule has 54 valence electrons. The molecule has 1 rings (SSSR count). The smallest absolute Gasteiger partial charge is 0.0961 e. The highest BCUT2D eigenvalue weighted by Crippen LogP contribution is 1.87. The summed E-state index contributed by atoms with van der Waals surface area (Å²) in [6, 6.07) is 0. The van der Waals surface area contributed by atoms with Crippen molar-refractivity contribution in [2.45, 2.75) is 27.2 Å². The normalized spacial score (nSPS) is 15.2. The van der Waals surface area contributed by atoms with Gasteiger partial charge in [0.1, 0.15) is 0 Å².